The minimum absolute atomic E-state index is 0.225. The van der Waals surface area contributed by atoms with Crippen LogP contribution < -0.4 is 10.6 Å². The van der Waals surface area contributed by atoms with E-state index in [2.05, 4.69) is 10.6 Å². The maximum absolute atomic E-state index is 11.9. The van der Waals surface area contributed by atoms with E-state index in [0.717, 1.165) is 25.9 Å². The number of urea groups is 1. The van der Waals surface area contributed by atoms with Gasteiger partial charge in [0.2, 0.25) is 0 Å². The van der Waals surface area contributed by atoms with Crippen LogP contribution in [-0.2, 0) is 9.53 Å². The third-order valence-corrected chi connectivity index (χ3v) is 4.55. The van der Waals surface area contributed by atoms with Gasteiger partial charge in [-0.15, -0.1) is 0 Å². The molecule has 0 aromatic carbocycles. The second-order valence-corrected chi connectivity index (χ2v) is 6.71. The number of carbonyl (C=O) groups is 2. The lowest BCUT2D eigenvalue weighted by Gasteiger charge is -2.38. The Morgan fingerprint density at radius 1 is 1.24 bits per heavy atom. The average Bonchev–Trinajstić information content (AvgIpc) is 2.38. The number of ether oxygens (including phenoxy) is 1. The molecule has 1 aliphatic rings. The molecule has 0 aromatic rings. The highest BCUT2D eigenvalue weighted by Crippen LogP contribution is 2.30. The highest BCUT2D eigenvalue weighted by Gasteiger charge is 2.44. The number of hydrogen-bond donors (Lipinski definition) is 3. The molecule has 1 atom stereocenters. The number of hydrogen-bond acceptors (Lipinski definition) is 3. The van der Waals surface area contributed by atoms with Gasteiger partial charge in [-0.3, -0.25) is 4.79 Å². The van der Waals surface area contributed by atoms with E-state index >= 15 is 0 Å². The van der Waals surface area contributed by atoms with Crippen LogP contribution in [0.1, 0.15) is 53.4 Å². The van der Waals surface area contributed by atoms with Crippen LogP contribution >= 0.6 is 0 Å². The van der Waals surface area contributed by atoms with Gasteiger partial charge in [0.25, 0.3) is 0 Å². The highest BCUT2D eigenvalue weighted by atomic mass is 16.5. The average molecular weight is 300 g/mol. The molecule has 122 valence electrons. The summed E-state index contributed by atoms with van der Waals surface area (Å²) >= 11 is 0. The predicted molar refractivity (Wildman–Crippen MR) is 80.2 cm³/mol. The molecule has 0 spiro atoms. The Morgan fingerprint density at radius 2 is 1.90 bits per heavy atom. The number of rotatable bonds is 6. The zero-order valence-electron chi connectivity index (χ0n) is 13.5. The van der Waals surface area contributed by atoms with Gasteiger partial charge in [-0.2, -0.15) is 0 Å². The number of nitrogens with one attached hydrogen (secondary N) is 2. The molecule has 0 aliphatic carbocycles. The van der Waals surface area contributed by atoms with Crippen molar-refractivity contribution in [2.24, 2.45) is 5.41 Å². The lowest BCUT2D eigenvalue weighted by molar-refractivity contribution is -0.150. The summed E-state index contributed by atoms with van der Waals surface area (Å²) in [6, 6.07) is -0.342. The fourth-order valence-electron chi connectivity index (χ4n) is 2.13. The van der Waals surface area contributed by atoms with E-state index in [4.69, 9.17) is 4.74 Å². The summed E-state index contributed by atoms with van der Waals surface area (Å²) < 4.78 is 5.60. The molecule has 1 unspecified atom stereocenters. The van der Waals surface area contributed by atoms with Crippen molar-refractivity contribution in [2.75, 3.05) is 13.2 Å². The third-order valence-electron chi connectivity index (χ3n) is 4.55. The van der Waals surface area contributed by atoms with Crippen molar-refractivity contribution < 1.29 is 19.4 Å². The Balaban J connectivity index is 2.37. The van der Waals surface area contributed by atoms with E-state index in [1.807, 2.05) is 0 Å². The van der Waals surface area contributed by atoms with Crippen molar-refractivity contribution in [1.82, 2.24) is 10.6 Å². The zero-order valence-corrected chi connectivity index (χ0v) is 13.5. The van der Waals surface area contributed by atoms with Crippen LogP contribution in [0, 0.1) is 5.41 Å². The monoisotopic (exact) mass is 300 g/mol. The summed E-state index contributed by atoms with van der Waals surface area (Å²) in [4.78, 5) is 23.2. The Bertz CT molecular complexity index is 374. The molecular formula is C15H28N2O4. The first-order valence-electron chi connectivity index (χ1n) is 7.58. The number of carboxylic acids is 1. The summed E-state index contributed by atoms with van der Waals surface area (Å²) in [5.74, 6) is -0.941. The lowest BCUT2D eigenvalue weighted by atomic mass is 9.74. The summed E-state index contributed by atoms with van der Waals surface area (Å²) in [5, 5.41) is 14.8. The smallest absolute Gasteiger partial charge is 0.315 e. The lowest BCUT2D eigenvalue weighted by Crippen LogP contribution is -2.59. The van der Waals surface area contributed by atoms with Crippen molar-refractivity contribution in [2.45, 2.75) is 65.0 Å². The fraction of sp³-hybridized carbons (Fsp3) is 0.867. The van der Waals surface area contributed by atoms with Gasteiger partial charge in [0.1, 0.15) is 0 Å². The molecular weight excluding hydrogens is 272 g/mol. The van der Waals surface area contributed by atoms with Crippen molar-refractivity contribution in [3.8, 4) is 0 Å². The number of carboxylic acid groups (broad SMARTS) is 1. The molecule has 1 heterocycles. The van der Waals surface area contributed by atoms with E-state index in [9.17, 15) is 14.7 Å². The van der Waals surface area contributed by atoms with Gasteiger partial charge in [-0.1, -0.05) is 0 Å². The molecule has 21 heavy (non-hydrogen) atoms. The first kappa shape index (κ1) is 17.8. The van der Waals surface area contributed by atoms with E-state index in [1.165, 1.54) is 6.42 Å². The molecule has 1 aliphatic heterocycles. The second-order valence-electron chi connectivity index (χ2n) is 6.71. The molecule has 0 aromatic heterocycles. The van der Waals surface area contributed by atoms with Gasteiger partial charge in [0.05, 0.1) is 17.1 Å². The summed E-state index contributed by atoms with van der Waals surface area (Å²) in [6.45, 7) is 7.96. The Morgan fingerprint density at radius 3 is 2.43 bits per heavy atom. The molecule has 3 N–H and O–H groups in total. The summed E-state index contributed by atoms with van der Waals surface area (Å²) in [5.41, 5.74) is -1.92. The maximum atomic E-state index is 11.9. The number of carbonyl (C=O) groups excluding carboxylic acids is 1. The molecule has 1 fully saturated rings. The largest absolute Gasteiger partial charge is 0.481 e. The maximum Gasteiger partial charge on any atom is 0.315 e. The Labute approximate surface area is 126 Å². The molecule has 0 radical (unpaired) electrons. The van der Waals surface area contributed by atoms with Crippen LogP contribution in [0.5, 0.6) is 0 Å². The van der Waals surface area contributed by atoms with Gasteiger partial charge in [-0.25, -0.2) is 4.79 Å². The van der Waals surface area contributed by atoms with Gasteiger partial charge in [-0.05, 0) is 53.4 Å². The predicted octanol–water partition coefficient (Wildman–Crippen LogP) is 2.13. The van der Waals surface area contributed by atoms with Crippen molar-refractivity contribution in [1.29, 1.82) is 0 Å². The number of aliphatic carboxylic acids is 1. The topological polar surface area (TPSA) is 87.7 Å². The fourth-order valence-corrected chi connectivity index (χ4v) is 2.13. The minimum Gasteiger partial charge on any atom is -0.481 e. The van der Waals surface area contributed by atoms with Crippen molar-refractivity contribution in [3.05, 3.63) is 0 Å². The van der Waals surface area contributed by atoms with Crippen LogP contribution in [0.2, 0.25) is 0 Å². The van der Waals surface area contributed by atoms with Gasteiger partial charge >= 0.3 is 12.0 Å². The van der Waals surface area contributed by atoms with Gasteiger partial charge < -0.3 is 20.5 Å². The molecule has 0 bridgehead atoms. The van der Waals surface area contributed by atoms with Crippen LogP contribution in [-0.4, -0.2) is 41.9 Å². The van der Waals surface area contributed by atoms with E-state index in [1.54, 1.807) is 27.7 Å². The minimum atomic E-state index is -1.06. The van der Waals surface area contributed by atoms with Crippen molar-refractivity contribution >= 4 is 12.0 Å². The Hall–Kier alpha value is -1.30. The van der Waals surface area contributed by atoms with Crippen LogP contribution in [0.4, 0.5) is 4.79 Å². The van der Waals surface area contributed by atoms with E-state index in [0.29, 0.717) is 6.54 Å². The van der Waals surface area contributed by atoms with E-state index in [-0.39, 0.29) is 12.1 Å². The normalized spacial score (nSPS) is 19.9. The standard InChI is InChI=1S/C15H28N2O4/c1-14(2,12(18)19)15(3,4)17-13(20)16-9-8-11-7-5-6-10-21-11/h11H,5-10H2,1-4H3,(H,18,19)(H2,16,17,20). The van der Waals surface area contributed by atoms with Crippen LogP contribution in [0.3, 0.4) is 0 Å². The summed E-state index contributed by atoms with van der Waals surface area (Å²) in [7, 11) is 0. The van der Waals surface area contributed by atoms with E-state index < -0.39 is 16.9 Å². The molecule has 0 saturated carbocycles. The van der Waals surface area contributed by atoms with Gasteiger partial charge in [0.15, 0.2) is 0 Å². The Kier molecular flexibility index (Phi) is 6.01. The quantitative estimate of drug-likeness (QED) is 0.701. The van der Waals surface area contributed by atoms with Crippen molar-refractivity contribution in [3.63, 3.8) is 0 Å². The molecule has 1 saturated heterocycles. The first-order chi connectivity index (χ1) is 9.67. The summed E-state index contributed by atoms with van der Waals surface area (Å²) in [6.07, 6.45) is 4.35. The first-order valence-corrected chi connectivity index (χ1v) is 7.58. The second kappa shape index (κ2) is 7.11. The molecule has 2 amide bonds. The SMILES string of the molecule is CC(C)(NC(=O)NCCC1CCCCO1)C(C)(C)C(=O)O. The van der Waals surface area contributed by atoms with Crippen LogP contribution in [0.25, 0.3) is 0 Å². The van der Waals surface area contributed by atoms with Crippen LogP contribution in [0.15, 0.2) is 0 Å². The molecule has 6 heteroatoms. The molecule has 1 rings (SSSR count). The third kappa shape index (κ3) is 4.88. The zero-order chi connectivity index (χ0) is 16.1. The number of amides is 2. The molecule has 6 nitrogen and oxygen atoms in total. The van der Waals surface area contributed by atoms with Gasteiger partial charge in [0, 0.05) is 13.2 Å². The highest BCUT2D eigenvalue weighted by molar-refractivity contribution is 5.79.